The van der Waals surface area contributed by atoms with E-state index in [9.17, 15) is 8.78 Å². The fourth-order valence-electron chi connectivity index (χ4n) is 5.28. The first-order chi connectivity index (χ1) is 21.5. The summed E-state index contributed by atoms with van der Waals surface area (Å²) in [5.74, 6) is 1.17. The fraction of sp³-hybridized carbons (Fsp3) is 0.381. The molecule has 0 saturated carbocycles. The second-order valence-corrected chi connectivity index (χ2v) is 14.0. The second kappa shape index (κ2) is 15.1. The third-order valence-corrected chi connectivity index (χ3v) is 8.94. The molecular weight excluding hydrogens is 574 g/mol. The lowest BCUT2D eigenvalue weighted by molar-refractivity contribution is 0.340. The van der Waals surface area contributed by atoms with E-state index in [4.69, 9.17) is 9.47 Å². The number of methoxy groups -OCH3 is 2. The molecule has 0 saturated heterocycles. The van der Waals surface area contributed by atoms with Gasteiger partial charge < -0.3 is 9.47 Å². The smallest absolute Gasteiger partial charge is 0.131 e. The average Bonchev–Trinajstić information content (AvgIpc) is 3.03. The summed E-state index contributed by atoms with van der Waals surface area (Å²) in [5, 5.41) is 0. The van der Waals surface area contributed by atoms with Crippen LogP contribution in [0.5, 0.6) is 11.5 Å². The summed E-state index contributed by atoms with van der Waals surface area (Å²) in [6.45, 7) is 23.8. The van der Waals surface area contributed by atoms with Crippen molar-refractivity contribution in [3.05, 3.63) is 113 Å². The lowest BCUT2D eigenvalue weighted by Crippen LogP contribution is -2.16. The number of rotatable bonds is 8. The Balaban J connectivity index is 0.000000250. The predicted octanol–water partition coefficient (Wildman–Crippen LogP) is 12.3. The Morgan fingerprint density at radius 2 is 1.11 bits per heavy atom. The van der Waals surface area contributed by atoms with Gasteiger partial charge in [0.25, 0.3) is 0 Å². The molecule has 4 aromatic carbocycles. The Bertz CT molecular complexity index is 1650. The number of hydrogen-bond donors (Lipinski definition) is 0. The number of halogens is 2. The molecule has 46 heavy (non-hydrogen) atoms. The molecule has 0 fully saturated rings. The van der Waals surface area contributed by atoms with Gasteiger partial charge in [-0.15, -0.1) is 0 Å². The third kappa shape index (κ3) is 8.66. The number of hydrogen-bond acceptors (Lipinski definition) is 2. The van der Waals surface area contributed by atoms with Crippen molar-refractivity contribution in [2.45, 2.75) is 81.1 Å². The van der Waals surface area contributed by atoms with Crippen molar-refractivity contribution in [3.8, 4) is 33.8 Å². The van der Waals surface area contributed by atoms with Crippen LogP contribution in [0.2, 0.25) is 0 Å². The summed E-state index contributed by atoms with van der Waals surface area (Å²) in [6.07, 6.45) is 1.91. The van der Waals surface area contributed by atoms with Crippen LogP contribution in [0.3, 0.4) is 0 Å². The molecule has 0 spiro atoms. The van der Waals surface area contributed by atoms with Crippen LogP contribution >= 0.6 is 0 Å². The zero-order valence-electron chi connectivity index (χ0n) is 29.7. The van der Waals surface area contributed by atoms with Crippen LogP contribution in [0, 0.1) is 22.5 Å². The standard InChI is InChI=1S/C21H27FO.C21H25FO/c2*1-7-15-8-10-17(18(12-15)14(2)21(3,4)5)19-13-16(23-6)9-11-20(19)22/h8-14H,7H2,1-6H3;8-13H,2,7H2,1,3-6H3. The van der Waals surface area contributed by atoms with Crippen molar-refractivity contribution >= 4 is 5.57 Å². The topological polar surface area (TPSA) is 18.5 Å². The summed E-state index contributed by atoms with van der Waals surface area (Å²) in [5.41, 5.74) is 8.70. The minimum Gasteiger partial charge on any atom is -0.497 e. The molecule has 0 aliphatic heterocycles. The summed E-state index contributed by atoms with van der Waals surface area (Å²) < 4.78 is 39.4. The molecule has 0 heterocycles. The first-order valence-electron chi connectivity index (χ1n) is 16.2. The Morgan fingerprint density at radius 3 is 1.54 bits per heavy atom. The first kappa shape index (κ1) is 36.5. The van der Waals surface area contributed by atoms with Crippen molar-refractivity contribution in [1.29, 1.82) is 0 Å². The lowest BCUT2D eigenvalue weighted by atomic mass is 9.75. The van der Waals surface area contributed by atoms with Gasteiger partial charge >= 0.3 is 0 Å². The predicted molar refractivity (Wildman–Crippen MR) is 192 cm³/mol. The summed E-state index contributed by atoms with van der Waals surface area (Å²) >= 11 is 0. The third-order valence-electron chi connectivity index (χ3n) is 8.94. The molecule has 0 aromatic heterocycles. The number of aryl methyl sites for hydroxylation is 2. The van der Waals surface area contributed by atoms with Gasteiger partial charge in [-0.25, -0.2) is 8.78 Å². The SMILES string of the molecule is C=C(c1cc(CC)ccc1-c1cc(OC)ccc1F)C(C)(C)C.CCc1ccc(-c2cc(OC)ccc2F)c(C(C)C(C)(C)C)c1. The maximum Gasteiger partial charge on any atom is 0.131 e. The Labute approximate surface area is 276 Å². The van der Waals surface area contributed by atoms with Crippen molar-refractivity contribution in [2.24, 2.45) is 10.8 Å². The van der Waals surface area contributed by atoms with Crippen molar-refractivity contribution in [2.75, 3.05) is 14.2 Å². The van der Waals surface area contributed by atoms with Crippen LogP contribution in [0.1, 0.15) is 90.5 Å². The maximum atomic E-state index is 14.5. The zero-order chi connectivity index (χ0) is 34.4. The molecular formula is C42H52F2O2. The van der Waals surface area contributed by atoms with Crippen molar-refractivity contribution < 1.29 is 18.3 Å². The summed E-state index contributed by atoms with van der Waals surface area (Å²) in [7, 11) is 3.20. The van der Waals surface area contributed by atoms with Gasteiger partial charge in [0.1, 0.15) is 23.1 Å². The van der Waals surface area contributed by atoms with E-state index in [-0.39, 0.29) is 22.5 Å². The molecule has 0 N–H and O–H groups in total. The normalized spacial score (nSPS) is 12.2. The quantitative estimate of drug-likeness (QED) is 0.194. The molecule has 1 atom stereocenters. The second-order valence-electron chi connectivity index (χ2n) is 14.0. The van der Waals surface area contributed by atoms with Crippen molar-refractivity contribution in [3.63, 3.8) is 0 Å². The van der Waals surface area contributed by atoms with E-state index in [0.717, 1.165) is 35.1 Å². The van der Waals surface area contributed by atoms with Crippen LogP contribution in [-0.4, -0.2) is 14.2 Å². The van der Waals surface area contributed by atoms with E-state index in [0.29, 0.717) is 28.5 Å². The van der Waals surface area contributed by atoms with Crippen molar-refractivity contribution in [1.82, 2.24) is 0 Å². The molecule has 0 bridgehead atoms. The molecule has 4 aromatic rings. The maximum absolute atomic E-state index is 14.5. The molecule has 0 amide bonds. The van der Waals surface area contributed by atoms with Gasteiger partial charge in [-0.1, -0.05) is 105 Å². The van der Waals surface area contributed by atoms with E-state index in [2.05, 4.69) is 87.1 Å². The molecule has 4 heteroatoms. The Morgan fingerprint density at radius 1 is 0.652 bits per heavy atom. The average molecular weight is 627 g/mol. The van der Waals surface area contributed by atoms with Crippen LogP contribution in [0.4, 0.5) is 8.78 Å². The zero-order valence-corrected chi connectivity index (χ0v) is 29.7. The highest BCUT2D eigenvalue weighted by Gasteiger charge is 2.26. The van der Waals surface area contributed by atoms with E-state index in [1.54, 1.807) is 38.5 Å². The summed E-state index contributed by atoms with van der Waals surface area (Å²) in [6, 6.07) is 22.3. The fourth-order valence-corrected chi connectivity index (χ4v) is 5.28. The van der Waals surface area contributed by atoms with Crippen LogP contribution in [0.15, 0.2) is 79.4 Å². The number of benzene rings is 4. The van der Waals surface area contributed by atoms with E-state index in [1.807, 2.05) is 18.2 Å². The molecule has 2 nitrogen and oxygen atoms in total. The van der Waals surface area contributed by atoms with Gasteiger partial charge in [0.15, 0.2) is 0 Å². The number of allylic oxidation sites excluding steroid dienone is 1. The van der Waals surface area contributed by atoms with Gasteiger partial charge in [0.05, 0.1) is 14.2 Å². The molecule has 4 rings (SSSR count). The molecule has 1 unspecified atom stereocenters. The molecule has 0 aliphatic rings. The van der Waals surface area contributed by atoms with Gasteiger partial charge in [-0.3, -0.25) is 0 Å². The Hall–Kier alpha value is -3.92. The van der Waals surface area contributed by atoms with Crippen LogP contribution in [0.25, 0.3) is 27.8 Å². The van der Waals surface area contributed by atoms with E-state index in [1.165, 1.54) is 28.8 Å². The highest BCUT2D eigenvalue weighted by atomic mass is 19.1. The van der Waals surface area contributed by atoms with E-state index < -0.39 is 0 Å². The Kier molecular flexibility index (Phi) is 12.0. The molecule has 0 aliphatic carbocycles. The van der Waals surface area contributed by atoms with Gasteiger partial charge in [0, 0.05) is 11.1 Å². The first-order valence-corrected chi connectivity index (χ1v) is 16.2. The van der Waals surface area contributed by atoms with Gasteiger partial charge in [0.2, 0.25) is 0 Å². The van der Waals surface area contributed by atoms with Crippen LogP contribution < -0.4 is 9.47 Å². The minimum atomic E-state index is -0.252. The number of ether oxygens (including phenoxy) is 2. The van der Waals surface area contributed by atoms with Gasteiger partial charge in [-0.05, 0) is 105 Å². The molecule has 0 radical (unpaired) electrons. The van der Waals surface area contributed by atoms with E-state index >= 15 is 0 Å². The summed E-state index contributed by atoms with van der Waals surface area (Å²) in [4.78, 5) is 0. The van der Waals surface area contributed by atoms with Crippen LogP contribution in [-0.2, 0) is 12.8 Å². The minimum absolute atomic E-state index is 0.0868. The highest BCUT2D eigenvalue weighted by Crippen LogP contribution is 2.42. The largest absolute Gasteiger partial charge is 0.497 e. The van der Waals surface area contributed by atoms with Gasteiger partial charge in [-0.2, -0.15) is 0 Å². The molecule has 246 valence electrons. The highest BCUT2D eigenvalue weighted by molar-refractivity contribution is 5.83. The lowest BCUT2D eigenvalue weighted by Gasteiger charge is -2.30. The monoisotopic (exact) mass is 626 g/mol.